The van der Waals surface area contributed by atoms with Gasteiger partial charge >= 0.3 is 0 Å². The zero-order valence-electron chi connectivity index (χ0n) is 10.6. The van der Waals surface area contributed by atoms with Gasteiger partial charge in [0.05, 0.1) is 6.54 Å². The molecule has 0 bridgehead atoms. The smallest absolute Gasteiger partial charge is 0.236 e. The number of nitrogens with zero attached hydrogens (tertiary/aromatic N) is 2. The Bertz CT molecular complexity index is 212. The maximum absolute atomic E-state index is 11.9. The first-order chi connectivity index (χ1) is 7.63. The Kier molecular flexibility index (Phi) is 5.77. The third kappa shape index (κ3) is 4.49. The summed E-state index contributed by atoms with van der Waals surface area (Å²) in [6.07, 6.45) is 4.27. The number of hydrogen-bond donors (Lipinski definition) is 1. The maximum Gasteiger partial charge on any atom is 0.236 e. The zero-order valence-corrected chi connectivity index (χ0v) is 10.6. The van der Waals surface area contributed by atoms with Crippen molar-refractivity contribution in [2.24, 2.45) is 5.73 Å². The van der Waals surface area contributed by atoms with E-state index < -0.39 is 0 Å². The molecule has 1 saturated heterocycles. The molecular formula is C12H25N3O. The number of likely N-dealkylation sites (N-methyl/N-ethyl adjacent to an activating group) is 1. The summed E-state index contributed by atoms with van der Waals surface area (Å²) in [4.78, 5) is 15.9. The Morgan fingerprint density at radius 1 is 1.44 bits per heavy atom. The minimum absolute atomic E-state index is 0.240. The van der Waals surface area contributed by atoms with E-state index in [9.17, 15) is 4.79 Å². The molecule has 4 nitrogen and oxygen atoms in total. The summed E-state index contributed by atoms with van der Waals surface area (Å²) in [7, 11) is 1.90. The number of unbranched alkanes of at least 4 members (excludes halogenated alkanes) is 1. The molecule has 94 valence electrons. The van der Waals surface area contributed by atoms with Crippen molar-refractivity contribution in [3.05, 3.63) is 0 Å². The summed E-state index contributed by atoms with van der Waals surface area (Å²) in [6.45, 7) is 5.52. The lowest BCUT2D eigenvalue weighted by Crippen LogP contribution is -2.45. The number of piperidine rings is 1. The van der Waals surface area contributed by atoms with Crippen LogP contribution in [0.4, 0.5) is 0 Å². The first kappa shape index (κ1) is 13.5. The minimum Gasteiger partial charge on any atom is -0.345 e. The molecule has 0 atom stereocenters. The summed E-state index contributed by atoms with van der Waals surface area (Å²) in [5.74, 6) is 0.240. The van der Waals surface area contributed by atoms with Crippen LogP contribution < -0.4 is 5.73 Å². The van der Waals surface area contributed by atoms with Crippen molar-refractivity contribution in [3.8, 4) is 0 Å². The number of nitrogens with two attached hydrogens (primary N) is 1. The van der Waals surface area contributed by atoms with Crippen molar-refractivity contribution in [3.63, 3.8) is 0 Å². The van der Waals surface area contributed by atoms with Crippen molar-refractivity contribution < 1.29 is 4.79 Å². The van der Waals surface area contributed by atoms with Crippen LogP contribution in [0.2, 0.25) is 0 Å². The Morgan fingerprint density at radius 2 is 2.06 bits per heavy atom. The average Bonchev–Trinajstić information content (AvgIpc) is 2.29. The van der Waals surface area contributed by atoms with E-state index in [4.69, 9.17) is 5.73 Å². The first-order valence-electron chi connectivity index (χ1n) is 6.35. The molecular weight excluding hydrogens is 202 g/mol. The molecule has 2 N–H and O–H groups in total. The Labute approximate surface area is 98.8 Å². The monoisotopic (exact) mass is 227 g/mol. The molecule has 1 heterocycles. The fraction of sp³-hybridized carbons (Fsp3) is 0.917. The largest absolute Gasteiger partial charge is 0.345 e. The van der Waals surface area contributed by atoms with Gasteiger partial charge in [0.25, 0.3) is 0 Å². The Balaban J connectivity index is 2.22. The molecule has 0 aromatic rings. The molecule has 0 saturated carbocycles. The van der Waals surface area contributed by atoms with E-state index in [1.807, 2.05) is 11.9 Å². The summed E-state index contributed by atoms with van der Waals surface area (Å²) in [5, 5.41) is 0. The summed E-state index contributed by atoms with van der Waals surface area (Å²) in [5.41, 5.74) is 5.83. The number of amides is 1. The van der Waals surface area contributed by atoms with E-state index >= 15 is 0 Å². The summed E-state index contributed by atoms with van der Waals surface area (Å²) >= 11 is 0. The van der Waals surface area contributed by atoms with E-state index in [0.29, 0.717) is 12.6 Å². The first-order valence-corrected chi connectivity index (χ1v) is 6.35. The number of carbonyl (C=O) groups is 1. The lowest BCUT2D eigenvalue weighted by Gasteiger charge is -2.30. The molecule has 0 aliphatic carbocycles. The SMILES string of the molecule is CCCCN(C)C(=O)CN1CCC(N)CC1. The van der Waals surface area contributed by atoms with Crippen molar-refractivity contribution >= 4 is 5.91 Å². The van der Waals surface area contributed by atoms with Crippen molar-refractivity contribution in [1.82, 2.24) is 9.80 Å². The normalized spacial score (nSPS) is 18.7. The molecule has 1 aliphatic rings. The molecule has 1 rings (SSSR count). The van der Waals surface area contributed by atoms with Gasteiger partial charge in [-0.15, -0.1) is 0 Å². The molecule has 1 fully saturated rings. The van der Waals surface area contributed by atoms with E-state index in [-0.39, 0.29) is 5.91 Å². The van der Waals surface area contributed by atoms with Gasteiger partial charge in [-0.05, 0) is 19.3 Å². The third-order valence-corrected chi connectivity index (χ3v) is 3.26. The molecule has 1 amide bonds. The predicted molar refractivity (Wildman–Crippen MR) is 66.2 cm³/mol. The second-order valence-electron chi connectivity index (χ2n) is 4.78. The van der Waals surface area contributed by atoms with Crippen LogP contribution in [0.3, 0.4) is 0 Å². The number of carbonyl (C=O) groups excluding carboxylic acids is 1. The molecule has 0 aromatic heterocycles. The molecule has 4 heteroatoms. The highest BCUT2D eigenvalue weighted by Gasteiger charge is 2.19. The average molecular weight is 227 g/mol. The molecule has 0 radical (unpaired) electrons. The number of rotatable bonds is 5. The van der Waals surface area contributed by atoms with E-state index in [1.165, 1.54) is 0 Å². The molecule has 0 aromatic carbocycles. The van der Waals surface area contributed by atoms with E-state index in [0.717, 1.165) is 45.3 Å². The second-order valence-corrected chi connectivity index (χ2v) is 4.78. The van der Waals surface area contributed by atoms with Crippen LogP contribution in [-0.2, 0) is 4.79 Å². The van der Waals surface area contributed by atoms with E-state index in [2.05, 4.69) is 11.8 Å². The fourth-order valence-electron chi connectivity index (χ4n) is 1.94. The van der Waals surface area contributed by atoms with Gasteiger partial charge in [0.1, 0.15) is 0 Å². The van der Waals surface area contributed by atoms with Crippen LogP contribution in [0.25, 0.3) is 0 Å². The van der Waals surface area contributed by atoms with Crippen LogP contribution >= 0.6 is 0 Å². The number of hydrogen-bond acceptors (Lipinski definition) is 3. The highest BCUT2D eigenvalue weighted by atomic mass is 16.2. The van der Waals surface area contributed by atoms with Gasteiger partial charge in [-0.2, -0.15) is 0 Å². The zero-order chi connectivity index (χ0) is 12.0. The summed E-state index contributed by atoms with van der Waals surface area (Å²) < 4.78 is 0. The van der Waals surface area contributed by atoms with Gasteiger partial charge in [-0.1, -0.05) is 13.3 Å². The van der Waals surface area contributed by atoms with Gasteiger partial charge in [-0.3, -0.25) is 9.69 Å². The van der Waals surface area contributed by atoms with Gasteiger partial charge in [0, 0.05) is 32.7 Å². The lowest BCUT2D eigenvalue weighted by atomic mass is 10.1. The van der Waals surface area contributed by atoms with Crippen LogP contribution in [0, 0.1) is 0 Å². The van der Waals surface area contributed by atoms with E-state index in [1.54, 1.807) is 0 Å². The molecule has 1 aliphatic heterocycles. The van der Waals surface area contributed by atoms with Crippen molar-refractivity contribution in [2.75, 3.05) is 33.2 Å². The second kappa shape index (κ2) is 6.86. The Morgan fingerprint density at radius 3 is 2.62 bits per heavy atom. The quantitative estimate of drug-likeness (QED) is 0.751. The standard InChI is InChI=1S/C12H25N3O/c1-3-4-7-14(2)12(16)10-15-8-5-11(13)6-9-15/h11H,3-10,13H2,1-2H3. The summed E-state index contributed by atoms with van der Waals surface area (Å²) in [6, 6.07) is 0.337. The van der Waals surface area contributed by atoms with Crippen LogP contribution in [0.5, 0.6) is 0 Å². The fourth-order valence-corrected chi connectivity index (χ4v) is 1.94. The van der Waals surface area contributed by atoms with Crippen molar-refractivity contribution in [2.45, 2.75) is 38.6 Å². The van der Waals surface area contributed by atoms with Crippen LogP contribution in [-0.4, -0.2) is 55.0 Å². The molecule has 0 spiro atoms. The molecule has 16 heavy (non-hydrogen) atoms. The minimum atomic E-state index is 0.240. The van der Waals surface area contributed by atoms with Gasteiger partial charge < -0.3 is 10.6 Å². The lowest BCUT2D eigenvalue weighted by molar-refractivity contribution is -0.131. The van der Waals surface area contributed by atoms with Gasteiger partial charge in [-0.25, -0.2) is 0 Å². The van der Waals surface area contributed by atoms with Crippen LogP contribution in [0.1, 0.15) is 32.6 Å². The molecule has 0 unspecified atom stereocenters. The highest BCUT2D eigenvalue weighted by Crippen LogP contribution is 2.08. The third-order valence-electron chi connectivity index (χ3n) is 3.26. The highest BCUT2D eigenvalue weighted by molar-refractivity contribution is 5.77. The maximum atomic E-state index is 11.9. The number of likely N-dealkylation sites (tertiary alicyclic amines) is 1. The van der Waals surface area contributed by atoms with Crippen LogP contribution in [0.15, 0.2) is 0 Å². The predicted octanol–water partition coefficient (Wildman–Crippen LogP) is 0.668. The van der Waals surface area contributed by atoms with Gasteiger partial charge in [0.2, 0.25) is 5.91 Å². The van der Waals surface area contributed by atoms with Crippen molar-refractivity contribution in [1.29, 1.82) is 0 Å². The topological polar surface area (TPSA) is 49.6 Å². The Hall–Kier alpha value is -0.610. The van der Waals surface area contributed by atoms with Gasteiger partial charge in [0.15, 0.2) is 0 Å².